The topological polar surface area (TPSA) is 51.7 Å². The van der Waals surface area contributed by atoms with Crippen LogP contribution in [0.4, 0.5) is 11.4 Å². The third kappa shape index (κ3) is 5.15. The Bertz CT molecular complexity index is 822. The number of piperidine rings is 1. The molecule has 0 spiro atoms. The first-order valence-electron chi connectivity index (χ1n) is 10.6. The molecule has 2 aliphatic rings. The summed E-state index contributed by atoms with van der Waals surface area (Å²) in [5.41, 5.74) is 3.24. The first-order valence-corrected chi connectivity index (χ1v) is 11.4. The average Bonchev–Trinajstić information content (AvgIpc) is 3.14. The molecule has 1 amide bonds. The molecule has 156 valence electrons. The molecule has 0 radical (unpaired) electrons. The standard InChI is InChI=1S/C22H31N5OS/c1-17-23-19(16-29-17)15-26-9-7-18(8-10-26)22(28)24-20-5-3-4-6-21(20)27-13-11-25(2)12-14-27/h3-6,16,18H,7-15H2,1-2H3,(H,24,28). The summed E-state index contributed by atoms with van der Waals surface area (Å²) in [6.45, 7) is 8.95. The predicted molar refractivity (Wildman–Crippen MR) is 120 cm³/mol. The van der Waals surface area contributed by atoms with Crippen LogP contribution in [0.15, 0.2) is 29.6 Å². The number of likely N-dealkylation sites (tertiary alicyclic amines) is 1. The first kappa shape index (κ1) is 20.3. The summed E-state index contributed by atoms with van der Waals surface area (Å²) < 4.78 is 0. The lowest BCUT2D eigenvalue weighted by Gasteiger charge is -2.35. The number of likely N-dealkylation sites (N-methyl/N-ethyl adjacent to an activating group) is 1. The van der Waals surface area contributed by atoms with Gasteiger partial charge >= 0.3 is 0 Å². The normalized spacial score (nSPS) is 19.4. The molecule has 0 bridgehead atoms. The Morgan fingerprint density at radius 1 is 1.14 bits per heavy atom. The van der Waals surface area contributed by atoms with Gasteiger partial charge in [0, 0.05) is 44.0 Å². The minimum Gasteiger partial charge on any atom is -0.367 e. The summed E-state index contributed by atoms with van der Waals surface area (Å²) in [7, 11) is 2.16. The van der Waals surface area contributed by atoms with Gasteiger partial charge in [0.1, 0.15) is 0 Å². The van der Waals surface area contributed by atoms with E-state index in [-0.39, 0.29) is 11.8 Å². The van der Waals surface area contributed by atoms with Crippen LogP contribution in [0.25, 0.3) is 0 Å². The summed E-state index contributed by atoms with van der Waals surface area (Å²) in [5, 5.41) is 6.49. The quantitative estimate of drug-likeness (QED) is 0.817. The molecule has 2 saturated heterocycles. The Hall–Kier alpha value is -1.96. The first-order chi connectivity index (χ1) is 14.1. The van der Waals surface area contributed by atoms with E-state index in [1.165, 1.54) is 0 Å². The van der Waals surface area contributed by atoms with E-state index in [4.69, 9.17) is 0 Å². The highest BCUT2D eigenvalue weighted by atomic mass is 32.1. The molecule has 1 aromatic heterocycles. The highest BCUT2D eigenvalue weighted by molar-refractivity contribution is 7.09. The number of carbonyl (C=O) groups excluding carboxylic acids is 1. The molecule has 2 fully saturated rings. The van der Waals surface area contributed by atoms with Crippen molar-refractivity contribution in [3.63, 3.8) is 0 Å². The lowest BCUT2D eigenvalue weighted by molar-refractivity contribution is -0.121. The Morgan fingerprint density at radius 3 is 2.55 bits per heavy atom. The van der Waals surface area contributed by atoms with Crippen LogP contribution in [-0.2, 0) is 11.3 Å². The fraction of sp³-hybridized carbons (Fsp3) is 0.545. The number of hydrogen-bond donors (Lipinski definition) is 1. The molecule has 4 rings (SSSR count). The number of hydrogen-bond acceptors (Lipinski definition) is 6. The number of benzene rings is 1. The molecule has 2 aromatic rings. The van der Waals surface area contributed by atoms with Crippen molar-refractivity contribution in [3.05, 3.63) is 40.3 Å². The van der Waals surface area contributed by atoms with E-state index in [0.29, 0.717) is 0 Å². The van der Waals surface area contributed by atoms with Crippen molar-refractivity contribution in [1.82, 2.24) is 14.8 Å². The summed E-state index contributed by atoms with van der Waals surface area (Å²) in [6.07, 6.45) is 1.82. The van der Waals surface area contributed by atoms with E-state index in [0.717, 1.165) is 80.7 Å². The Labute approximate surface area is 177 Å². The van der Waals surface area contributed by atoms with Gasteiger partial charge in [-0.3, -0.25) is 9.69 Å². The Balaban J connectivity index is 1.32. The number of thiazole rings is 1. The molecule has 0 saturated carbocycles. The lowest BCUT2D eigenvalue weighted by Crippen LogP contribution is -2.44. The Kier molecular flexibility index (Phi) is 6.47. The van der Waals surface area contributed by atoms with Crippen molar-refractivity contribution in [1.29, 1.82) is 0 Å². The van der Waals surface area contributed by atoms with Crippen molar-refractivity contribution < 1.29 is 4.79 Å². The van der Waals surface area contributed by atoms with Crippen LogP contribution >= 0.6 is 11.3 Å². The predicted octanol–water partition coefficient (Wildman–Crippen LogP) is 3.05. The van der Waals surface area contributed by atoms with Crippen LogP contribution in [0.2, 0.25) is 0 Å². The molecule has 1 N–H and O–H groups in total. The molecule has 6 nitrogen and oxygen atoms in total. The molecule has 0 aliphatic carbocycles. The van der Waals surface area contributed by atoms with Gasteiger partial charge in [0.25, 0.3) is 0 Å². The second kappa shape index (κ2) is 9.24. The van der Waals surface area contributed by atoms with Gasteiger partial charge in [-0.2, -0.15) is 0 Å². The van der Waals surface area contributed by atoms with Crippen molar-refractivity contribution in [2.45, 2.75) is 26.3 Å². The number of aromatic nitrogens is 1. The zero-order chi connectivity index (χ0) is 20.2. The van der Waals surface area contributed by atoms with Gasteiger partial charge < -0.3 is 15.1 Å². The maximum atomic E-state index is 13.0. The minimum atomic E-state index is 0.0870. The minimum absolute atomic E-state index is 0.0870. The van der Waals surface area contributed by atoms with E-state index >= 15 is 0 Å². The van der Waals surface area contributed by atoms with E-state index in [1.54, 1.807) is 11.3 Å². The van der Waals surface area contributed by atoms with Crippen LogP contribution in [0.5, 0.6) is 0 Å². The van der Waals surface area contributed by atoms with Crippen LogP contribution in [-0.4, -0.2) is 67.0 Å². The smallest absolute Gasteiger partial charge is 0.227 e. The molecule has 0 atom stereocenters. The van der Waals surface area contributed by atoms with Crippen LogP contribution in [0, 0.1) is 12.8 Å². The van der Waals surface area contributed by atoms with Gasteiger partial charge in [-0.05, 0) is 52.0 Å². The van der Waals surface area contributed by atoms with Crippen molar-refractivity contribution in [3.8, 4) is 0 Å². The van der Waals surface area contributed by atoms with Gasteiger partial charge in [0.05, 0.1) is 22.1 Å². The van der Waals surface area contributed by atoms with Crippen LogP contribution in [0.1, 0.15) is 23.5 Å². The number of anilines is 2. The molecule has 29 heavy (non-hydrogen) atoms. The summed E-state index contributed by atoms with van der Waals surface area (Å²) in [4.78, 5) is 24.7. The zero-order valence-electron chi connectivity index (χ0n) is 17.4. The van der Waals surface area contributed by atoms with Crippen LogP contribution < -0.4 is 10.2 Å². The van der Waals surface area contributed by atoms with Gasteiger partial charge in [-0.15, -0.1) is 11.3 Å². The largest absolute Gasteiger partial charge is 0.367 e. The number of aryl methyl sites for hydroxylation is 1. The number of amides is 1. The second-order valence-corrected chi connectivity index (χ2v) is 9.27. The number of nitrogens with one attached hydrogen (secondary N) is 1. The molecule has 1 aromatic carbocycles. The van der Waals surface area contributed by atoms with Gasteiger partial charge in [0.15, 0.2) is 0 Å². The van der Waals surface area contributed by atoms with Crippen molar-refractivity contribution >= 4 is 28.6 Å². The number of rotatable bonds is 5. The molecular formula is C22H31N5OS. The molecular weight excluding hydrogens is 382 g/mol. The molecule has 3 heterocycles. The maximum Gasteiger partial charge on any atom is 0.227 e. The van der Waals surface area contributed by atoms with Crippen molar-refractivity contribution in [2.24, 2.45) is 5.92 Å². The number of piperazine rings is 1. The van der Waals surface area contributed by atoms with E-state index in [1.807, 2.05) is 19.1 Å². The monoisotopic (exact) mass is 413 g/mol. The third-order valence-corrected chi connectivity index (χ3v) is 6.84. The lowest BCUT2D eigenvalue weighted by atomic mass is 9.95. The summed E-state index contributed by atoms with van der Waals surface area (Å²) >= 11 is 1.70. The average molecular weight is 414 g/mol. The summed E-state index contributed by atoms with van der Waals surface area (Å²) in [5.74, 6) is 0.250. The van der Waals surface area contributed by atoms with Crippen LogP contribution in [0.3, 0.4) is 0 Å². The van der Waals surface area contributed by atoms with E-state index in [9.17, 15) is 4.79 Å². The van der Waals surface area contributed by atoms with Gasteiger partial charge in [-0.1, -0.05) is 12.1 Å². The number of para-hydroxylation sites is 2. The fourth-order valence-electron chi connectivity index (χ4n) is 4.20. The van der Waals surface area contributed by atoms with Gasteiger partial charge in [-0.25, -0.2) is 4.98 Å². The SMILES string of the molecule is Cc1nc(CN2CCC(C(=O)Nc3ccccc3N3CCN(C)CC3)CC2)cs1. The van der Waals surface area contributed by atoms with E-state index in [2.05, 4.69) is 49.6 Å². The molecule has 7 heteroatoms. The van der Waals surface area contributed by atoms with E-state index < -0.39 is 0 Å². The molecule has 2 aliphatic heterocycles. The Morgan fingerprint density at radius 2 is 1.86 bits per heavy atom. The third-order valence-electron chi connectivity index (χ3n) is 6.02. The maximum absolute atomic E-state index is 13.0. The zero-order valence-corrected chi connectivity index (χ0v) is 18.2. The van der Waals surface area contributed by atoms with Gasteiger partial charge in [0.2, 0.25) is 5.91 Å². The fourth-order valence-corrected chi connectivity index (χ4v) is 4.80. The van der Waals surface area contributed by atoms with Crippen molar-refractivity contribution in [2.75, 3.05) is 56.5 Å². The number of carbonyl (C=O) groups is 1. The second-order valence-electron chi connectivity index (χ2n) is 8.21. The number of nitrogens with zero attached hydrogens (tertiary/aromatic N) is 4. The highest BCUT2D eigenvalue weighted by Crippen LogP contribution is 2.28. The summed E-state index contributed by atoms with van der Waals surface area (Å²) in [6, 6.07) is 8.22. The highest BCUT2D eigenvalue weighted by Gasteiger charge is 2.26. The molecule has 0 unspecified atom stereocenters.